The van der Waals surface area contributed by atoms with Crippen LogP contribution in [-0.2, 0) is 14.3 Å². The minimum Gasteiger partial charge on any atom is -0.452 e. The SMILES string of the molecule is CSc1ccc(/C=C/C(=O)OCC(=O)NC(=O)NC2CCCCC2)cc1. The number of carbonyl (C=O) groups excluding carboxylic acids is 3. The predicted molar refractivity (Wildman–Crippen MR) is 102 cm³/mol. The van der Waals surface area contributed by atoms with Gasteiger partial charge in [-0.3, -0.25) is 10.1 Å². The van der Waals surface area contributed by atoms with E-state index in [0.29, 0.717) is 0 Å². The fourth-order valence-electron chi connectivity index (χ4n) is 2.70. The molecule has 26 heavy (non-hydrogen) atoms. The predicted octanol–water partition coefficient (Wildman–Crippen LogP) is 3.12. The largest absolute Gasteiger partial charge is 0.452 e. The maximum atomic E-state index is 11.7. The molecule has 2 rings (SSSR count). The summed E-state index contributed by atoms with van der Waals surface area (Å²) in [6.07, 6.45) is 10.1. The molecule has 0 aliphatic heterocycles. The van der Waals surface area contributed by atoms with Crippen LogP contribution in [0.2, 0.25) is 0 Å². The van der Waals surface area contributed by atoms with Gasteiger partial charge in [-0.1, -0.05) is 31.4 Å². The number of hydrogen-bond donors (Lipinski definition) is 2. The summed E-state index contributed by atoms with van der Waals surface area (Å²) in [5, 5.41) is 4.94. The third kappa shape index (κ3) is 7.31. The minimum absolute atomic E-state index is 0.111. The second-order valence-electron chi connectivity index (χ2n) is 6.07. The lowest BCUT2D eigenvalue weighted by Crippen LogP contribution is -2.46. The summed E-state index contributed by atoms with van der Waals surface area (Å²) >= 11 is 1.64. The van der Waals surface area contributed by atoms with Crippen molar-refractivity contribution < 1.29 is 19.1 Å². The highest BCUT2D eigenvalue weighted by Gasteiger charge is 2.17. The van der Waals surface area contributed by atoms with E-state index in [9.17, 15) is 14.4 Å². The summed E-state index contributed by atoms with van der Waals surface area (Å²) in [5.74, 6) is -1.29. The van der Waals surface area contributed by atoms with Crippen molar-refractivity contribution in [3.8, 4) is 0 Å². The highest BCUT2D eigenvalue weighted by Crippen LogP contribution is 2.17. The van der Waals surface area contributed by atoms with Crippen LogP contribution in [0.4, 0.5) is 4.79 Å². The molecule has 0 bridgehead atoms. The van der Waals surface area contributed by atoms with Crippen molar-refractivity contribution in [2.24, 2.45) is 0 Å². The topological polar surface area (TPSA) is 84.5 Å². The summed E-state index contributed by atoms with van der Waals surface area (Å²) in [4.78, 5) is 36.2. The number of ether oxygens (including phenoxy) is 1. The molecule has 6 nitrogen and oxygen atoms in total. The lowest BCUT2D eigenvalue weighted by Gasteiger charge is -2.22. The molecule has 2 N–H and O–H groups in total. The third-order valence-electron chi connectivity index (χ3n) is 4.07. The Morgan fingerprint density at radius 2 is 1.85 bits per heavy atom. The van der Waals surface area contributed by atoms with Gasteiger partial charge < -0.3 is 10.1 Å². The van der Waals surface area contributed by atoms with Gasteiger partial charge in [0.1, 0.15) is 0 Å². The zero-order chi connectivity index (χ0) is 18.8. The van der Waals surface area contributed by atoms with Crippen molar-refractivity contribution in [3.63, 3.8) is 0 Å². The Balaban J connectivity index is 1.67. The average molecular weight is 376 g/mol. The Morgan fingerprint density at radius 1 is 1.15 bits per heavy atom. The molecule has 1 saturated carbocycles. The third-order valence-corrected chi connectivity index (χ3v) is 4.81. The molecule has 0 atom stereocenters. The van der Waals surface area contributed by atoms with Gasteiger partial charge in [0.15, 0.2) is 6.61 Å². The lowest BCUT2D eigenvalue weighted by molar-refractivity contribution is -0.143. The molecule has 0 saturated heterocycles. The number of urea groups is 1. The Morgan fingerprint density at radius 3 is 2.50 bits per heavy atom. The Labute approximate surface area is 157 Å². The molecule has 7 heteroatoms. The van der Waals surface area contributed by atoms with Crippen LogP contribution in [0.3, 0.4) is 0 Å². The number of nitrogens with one attached hydrogen (secondary N) is 2. The van der Waals surface area contributed by atoms with E-state index in [-0.39, 0.29) is 6.04 Å². The molecule has 0 radical (unpaired) electrons. The molecular formula is C19H24N2O4S. The van der Waals surface area contributed by atoms with Crippen LogP contribution in [-0.4, -0.2) is 36.8 Å². The number of amides is 3. The van der Waals surface area contributed by atoms with E-state index in [1.54, 1.807) is 17.8 Å². The first-order valence-electron chi connectivity index (χ1n) is 8.66. The molecule has 1 aromatic carbocycles. The van der Waals surface area contributed by atoms with Gasteiger partial charge in [-0.05, 0) is 42.9 Å². The van der Waals surface area contributed by atoms with Gasteiger partial charge in [0.05, 0.1) is 0 Å². The van der Waals surface area contributed by atoms with Gasteiger partial charge in [-0.2, -0.15) is 0 Å². The molecule has 1 fully saturated rings. The number of benzene rings is 1. The van der Waals surface area contributed by atoms with E-state index in [4.69, 9.17) is 4.74 Å². The summed E-state index contributed by atoms with van der Waals surface area (Å²) in [6, 6.07) is 7.25. The van der Waals surface area contributed by atoms with E-state index in [2.05, 4.69) is 10.6 Å². The second-order valence-corrected chi connectivity index (χ2v) is 6.95. The van der Waals surface area contributed by atoms with Crippen LogP contribution < -0.4 is 10.6 Å². The fraction of sp³-hybridized carbons (Fsp3) is 0.421. The number of thioether (sulfide) groups is 1. The van der Waals surface area contributed by atoms with Crippen molar-refractivity contribution >= 4 is 35.7 Å². The van der Waals surface area contributed by atoms with Crippen molar-refractivity contribution in [2.75, 3.05) is 12.9 Å². The van der Waals surface area contributed by atoms with Crippen molar-refractivity contribution in [1.82, 2.24) is 10.6 Å². The second kappa shape index (κ2) is 10.7. The number of imide groups is 1. The summed E-state index contributed by atoms with van der Waals surface area (Å²) in [7, 11) is 0. The number of hydrogen-bond acceptors (Lipinski definition) is 5. The molecule has 1 aliphatic rings. The normalized spacial score (nSPS) is 14.8. The Bertz CT molecular complexity index is 652. The standard InChI is InChI=1S/C19H24N2O4S/c1-26-16-10-7-14(8-11-16)9-12-18(23)25-13-17(22)21-19(24)20-15-5-3-2-4-6-15/h7-12,15H,2-6,13H2,1H3,(H2,20,21,22,24)/b12-9+. The molecular weight excluding hydrogens is 352 g/mol. The molecule has 1 aromatic rings. The first kappa shape index (κ1) is 20.0. The number of rotatable bonds is 6. The molecule has 0 unspecified atom stereocenters. The van der Waals surface area contributed by atoms with Crippen LogP contribution in [0.25, 0.3) is 6.08 Å². The summed E-state index contributed by atoms with van der Waals surface area (Å²) < 4.78 is 4.84. The minimum atomic E-state index is -0.649. The van der Waals surface area contributed by atoms with E-state index >= 15 is 0 Å². The van der Waals surface area contributed by atoms with Gasteiger partial charge >= 0.3 is 12.0 Å². The van der Waals surface area contributed by atoms with E-state index in [1.165, 1.54) is 12.5 Å². The highest BCUT2D eigenvalue weighted by molar-refractivity contribution is 7.98. The Hall–Kier alpha value is -2.28. The first-order valence-corrected chi connectivity index (χ1v) is 9.88. The van der Waals surface area contributed by atoms with Gasteiger partial charge in [0, 0.05) is 17.0 Å². The lowest BCUT2D eigenvalue weighted by atomic mass is 9.96. The van der Waals surface area contributed by atoms with Crippen molar-refractivity contribution in [3.05, 3.63) is 35.9 Å². The first-order chi connectivity index (χ1) is 12.6. The molecule has 1 aliphatic carbocycles. The van der Waals surface area contributed by atoms with E-state index in [0.717, 1.165) is 36.1 Å². The van der Waals surface area contributed by atoms with Gasteiger partial charge in [0.25, 0.3) is 5.91 Å². The zero-order valence-electron chi connectivity index (χ0n) is 14.8. The number of carbonyl (C=O) groups is 3. The molecule has 140 valence electrons. The van der Waals surface area contributed by atoms with Crippen LogP contribution in [0.5, 0.6) is 0 Å². The van der Waals surface area contributed by atoms with Crippen LogP contribution in [0.15, 0.2) is 35.2 Å². The maximum Gasteiger partial charge on any atom is 0.331 e. The van der Waals surface area contributed by atoms with Crippen molar-refractivity contribution in [2.45, 2.75) is 43.0 Å². The average Bonchev–Trinajstić information content (AvgIpc) is 2.65. The maximum absolute atomic E-state index is 11.7. The van der Waals surface area contributed by atoms with Crippen LogP contribution >= 0.6 is 11.8 Å². The van der Waals surface area contributed by atoms with Gasteiger partial charge in [-0.25, -0.2) is 9.59 Å². The van der Waals surface area contributed by atoms with Gasteiger partial charge in [0.2, 0.25) is 0 Å². The monoisotopic (exact) mass is 376 g/mol. The molecule has 0 heterocycles. The quantitative estimate of drug-likeness (QED) is 0.453. The van der Waals surface area contributed by atoms with E-state index in [1.807, 2.05) is 30.5 Å². The molecule has 0 aromatic heterocycles. The smallest absolute Gasteiger partial charge is 0.331 e. The Kier molecular flexibility index (Phi) is 8.21. The van der Waals surface area contributed by atoms with E-state index < -0.39 is 24.5 Å². The zero-order valence-corrected chi connectivity index (χ0v) is 15.6. The highest BCUT2D eigenvalue weighted by atomic mass is 32.2. The molecule has 0 spiro atoms. The van der Waals surface area contributed by atoms with Crippen molar-refractivity contribution in [1.29, 1.82) is 0 Å². The fourth-order valence-corrected chi connectivity index (χ4v) is 3.10. The van der Waals surface area contributed by atoms with Crippen LogP contribution in [0.1, 0.15) is 37.7 Å². The molecule has 3 amide bonds. The summed E-state index contributed by atoms with van der Waals surface area (Å²) in [5.41, 5.74) is 0.857. The number of esters is 1. The van der Waals surface area contributed by atoms with Gasteiger partial charge in [-0.15, -0.1) is 11.8 Å². The van der Waals surface area contributed by atoms with Crippen LogP contribution in [0, 0.1) is 0 Å². The summed E-state index contributed by atoms with van der Waals surface area (Å²) in [6.45, 7) is -0.493.